The third kappa shape index (κ3) is 26.9. The highest BCUT2D eigenvalue weighted by Gasteiger charge is 2.13. The molecule has 0 radical (unpaired) electrons. The molecule has 0 aliphatic carbocycles. The zero-order chi connectivity index (χ0) is 29.5. The molecule has 234 valence electrons. The van der Waals surface area contributed by atoms with E-state index < -0.39 is 0 Å². The summed E-state index contributed by atoms with van der Waals surface area (Å²) in [5, 5.41) is 0. The monoisotopic (exact) mass is 582 g/mol. The lowest BCUT2D eigenvalue weighted by molar-refractivity contribution is -0.142. The number of nitrogens with zero attached hydrogens (tertiary/aromatic N) is 2. The molecule has 1 amide bonds. The van der Waals surface area contributed by atoms with E-state index in [4.69, 9.17) is 4.74 Å². The molecule has 0 fully saturated rings. The number of hydrogen-bond acceptors (Lipinski definition) is 6. The van der Waals surface area contributed by atoms with E-state index in [1.807, 2.05) is 6.08 Å². The zero-order valence-corrected chi connectivity index (χ0v) is 27.2. The van der Waals surface area contributed by atoms with E-state index in [0.29, 0.717) is 25.2 Å². The maximum absolute atomic E-state index is 12.9. The topological polar surface area (TPSA) is 66.9 Å². The number of rotatable bonds is 30. The molecule has 6 nitrogen and oxygen atoms in total. The number of unbranched alkanes of at least 4 members (excludes halogenated alkanes) is 13. The predicted molar refractivity (Wildman–Crippen MR) is 172 cm³/mol. The van der Waals surface area contributed by atoms with Gasteiger partial charge in [0.2, 0.25) is 5.91 Å². The largest absolute Gasteiger partial charge is 0.461 e. The fourth-order valence-corrected chi connectivity index (χ4v) is 5.29. The van der Waals surface area contributed by atoms with Crippen LogP contribution >= 0.6 is 11.8 Å². The van der Waals surface area contributed by atoms with E-state index in [0.717, 1.165) is 115 Å². The summed E-state index contributed by atoms with van der Waals surface area (Å²) in [4.78, 5) is 39.7. The highest BCUT2D eigenvalue weighted by molar-refractivity contribution is 7.99. The van der Waals surface area contributed by atoms with Crippen molar-refractivity contribution in [1.82, 2.24) is 9.80 Å². The van der Waals surface area contributed by atoms with Crippen LogP contribution in [0.2, 0.25) is 0 Å². The lowest BCUT2D eigenvalue weighted by atomic mass is 10.1. The number of esters is 1. The van der Waals surface area contributed by atoms with Crippen LogP contribution in [0.3, 0.4) is 0 Å². The van der Waals surface area contributed by atoms with E-state index in [-0.39, 0.29) is 11.9 Å². The first kappa shape index (κ1) is 38.7. The van der Waals surface area contributed by atoms with Crippen molar-refractivity contribution < 1.29 is 19.1 Å². The summed E-state index contributed by atoms with van der Waals surface area (Å²) in [6.45, 7) is 8.59. The van der Waals surface area contributed by atoms with Crippen molar-refractivity contribution in [3.8, 4) is 0 Å². The number of hydrogen-bond donors (Lipinski definition) is 0. The lowest BCUT2D eigenvalue weighted by Gasteiger charge is -2.23. The van der Waals surface area contributed by atoms with E-state index in [2.05, 4.69) is 36.8 Å². The van der Waals surface area contributed by atoms with Gasteiger partial charge in [0, 0.05) is 25.9 Å². The summed E-state index contributed by atoms with van der Waals surface area (Å²) in [5.74, 6) is 1.77. The first-order valence-corrected chi connectivity index (χ1v) is 17.5. The van der Waals surface area contributed by atoms with E-state index in [1.165, 1.54) is 25.7 Å². The number of carbonyl (C=O) groups excluding carboxylic acids is 3. The van der Waals surface area contributed by atoms with E-state index >= 15 is 0 Å². The normalized spacial score (nSPS) is 11.4. The van der Waals surface area contributed by atoms with E-state index in [9.17, 15) is 14.4 Å². The van der Waals surface area contributed by atoms with Crippen molar-refractivity contribution in [3.63, 3.8) is 0 Å². The maximum Gasteiger partial charge on any atom is 0.306 e. The third-order valence-corrected chi connectivity index (χ3v) is 8.27. The average molecular weight is 583 g/mol. The lowest BCUT2D eigenvalue weighted by Crippen LogP contribution is -2.34. The molecule has 0 aromatic carbocycles. The Kier molecular flexibility index (Phi) is 29.6. The van der Waals surface area contributed by atoms with Gasteiger partial charge in [0.15, 0.2) is 0 Å². The van der Waals surface area contributed by atoms with Crippen molar-refractivity contribution in [1.29, 1.82) is 0 Å². The molecule has 0 unspecified atom stereocenters. The summed E-state index contributed by atoms with van der Waals surface area (Å²) >= 11 is 1.76. The summed E-state index contributed by atoms with van der Waals surface area (Å²) in [6, 6.07) is 0. The molecular weight excluding hydrogens is 520 g/mol. The Balaban J connectivity index is 4.09. The van der Waals surface area contributed by atoms with Gasteiger partial charge in [0.1, 0.15) is 12.9 Å². The predicted octanol–water partition coefficient (Wildman–Crippen LogP) is 7.84. The Morgan fingerprint density at radius 3 is 2.02 bits per heavy atom. The molecule has 0 aliphatic rings. The summed E-state index contributed by atoms with van der Waals surface area (Å²) in [7, 11) is 2.14. The minimum atomic E-state index is -0.0996. The van der Waals surface area contributed by atoms with Crippen LogP contribution in [-0.4, -0.2) is 79.3 Å². The first-order valence-electron chi connectivity index (χ1n) is 16.3. The van der Waals surface area contributed by atoms with Gasteiger partial charge in [0.25, 0.3) is 0 Å². The molecule has 0 saturated carbocycles. The minimum absolute atomic E-state index is 0.0996. The Morgan fingerprint density at radius 2 is 1.35 bits per heavy atom. The van der Waals surface area contributed by atoms with Gasteiger partial charge < -0.3 is 19.3 Å². The Labute approximate surface area is 251 Å². The summed E-state index contributed by atoms with van der Waals surface area (Å²) in [6.07, 6.45) is 23.9. The second kappa shape index (κ2) is 30.6. The number of ether oxygens (including phenoxy) is 1. The van der Waals surface area contributed by atoms with Crippen LogP contribution in [0.1, 0.15) is 129 Å². The zero-order valence-electron chi connectivity index (χ0n) is 26.3. The molecule has 0 N–H and O–H groups in total. The molecule has 7 heteroatoms. The van der Waals surface area contributed by atoms with Crippen LogP contribution in [0.15, 0.2) is 12.2 Å². The fraction of sp³-hybridized carbons (Fsp3) is 0.848. The Hall–Kier alpha value is -1.34. The van der Waals surface area contributed by atoms with Crippen molar-refractivity contribution in [2.45, 2.75) is 129 Å². The standard InChI is InChI=1S/C33H62N2O4S/c1-4-6-7-8-11-17-22-29-39-33(38)24-18-13-12-15-20-27-35(26-19-14-9-10-16-21-28-36)32(37)31-40-30-23-25-34(3)5-2/h17,22,28H,4-16,18-21,23-27,29-31H2,1-3H3/b22-17-. The van der Waals surface area contributed by atoms with Gasteiger partial charge in [0.05, 0.1) is 5.75 Å². The fourth-order valence-electron chi connectivity index (χ4n) is 4.46. The minimum Gasteiger partial charge on any atom is -0.461 e. The van der Waals surface area contributed by atoms with Crippen LogP contribution < -0.4 is 0 Å². The molecule has 0 bridgehead atoms. The van der Waals surface area contributed by atoms with Gasteiger partial charge in [-0.05, 0) is 70.8 Å². The van der Waals surface area contributed by atoms with E-state index in [1.54, 1.807) is 11.8 Å². The van der Waals surface area contributed by atoms with Crippen molar-refractivity contribution in [2.75, 3.05) is 51.3 Å². The van der Waals surface area contributed by atoms with Gasteiger partial charge in [-0.2, -0.15) is 11.8 Å². The molecule has 0 aromatic heterocycles. The molecule has 0 spiro atoms. The van der Waals surface area contributed by atoms with Crippen LogP contribution in [0.25, 0.3) is 0 Å². The molecule has 0 heterocycles. The van der Waals surface area contributed by atoms with Gasteiger partial charge in [-0.15, -0.1) is 0 Å². The van der Waals surface area contributed by atoms with Crippen LogP contribution in [0, 0.1) is 0 Å². The highest BCUT2D eigenvalue weighted by Crippen LogP contribution is 2.12. The SMILES string of the molecule is CCCCCC/C=C\COC(=O)CCCCCCCN(CCCCCCCC=O)C(=O)CSCCCN(C)CC. The molecule has 40 heavy (non-hydrogen) atoms. The second-order valence-corrected chi connectivity index (χ2v) is 12.0. The average Bonchev–Trinajstić information content (AvgIpc) is 2.95. The van der Waals surface area contributed by atoms with Crippen LogP contribution in [-0.2, 0) is 19.1 Å². The Bertz CT molecular complexity index is 630. The molecule has 0 aromatic rings. The molecule has 0 saturated heterocycles. The van der Waals surface area contributed by atoms with Gasteiger partial charge >= 0.3 is 5.97 Å². The molecular formula is C33H62N2O4S. The van der Waals surface area contributed by atoms with Gasteiger partial charge in [-0.1, -0.05) is 83.8 Å². The molecule has 0 aliphatic heterocycles. The van der Waals surface area contributed by atoms with Gasteiger partial charge in [-0.25, -0.2) is 0 Å². The molecule has 0 atom stereocenters. The quantitative estimate of drug-likeness (QED) is 0.0372. The smallest absolute Gasteiger partial charge is 0.306 e. The summed E-state index contributed by atoms with van der Waals surface area (Å²) < 4.78 is 5.30. The number of aldehydes is 1. The second-order valence-electron chi connectivity index (χ2n) is 10.9. The first-order chi connectivity index (χ1) is 19.5. The number of amides is 1. The third-order valence-electron chi connectivity index (χ3n) is 7.24. The van der Waals surface area contributed by atoms with Gasteiger partial charge in [-0.3, -0.25) is 9.59 Å². The number of allylic oxidation sites excluding steroid dienone is 1. The van der Waals surface area contributed by atoms with Crippen molar-refractivity contribution in [3.05, 3.63) is 12.2 Å². The highest BCUT2D eigenvalue weighted by atomic mass is 32.2. The van der Waals surface area contributed by atoms with Crippen molar-refractivity contribution >= 4 is 29.9 Å². The maximum atomic E-state index is 12.9. The number of thioether (sulfide) groups is 1. The van der Waals surface area contributed by atoms with Crippen LogP contribution in [0.5, 0.6) is 0 Å². The van der Waals surface area contributed by atoms with Crippen LogP contribution in [0.4, 0.5) is 0 Å². The van der Waals surface area contributed by atoms with Crippen molar-refractivity contribution in [2.24, 2.45) is 0 Å². The summed E-state index contributed by atoms with van der Waals surface area (Å²) in [5.41, 5.74) is 0. The Morgan fingerprint density at radius 1 is 0.725 bits per heavy atom. The molecule has 0 rings (SSSR count). The number of carbonyl (C=O) groups is 3.